The average molecular weight is 308 g/mol. The maximum atomic E-state index is 11.7. The van der Waals surface area contributed by atoms with Gasteiger partial charge in [0.05, 0.1) is 5.75 Å². The lowest BCUT2D eigenvalue weighted by Gasteiger charge is -2.11. The van der Waals surface area contributed by atoms with Crippen LogP contribution >= 0.6 is 11.8 Å². The molecule has 0 aromatic carbocycles. The van der Waals surface area contributed by atoms with Gasteiger partial charge in [-0.15, -0.1) is 0 Å². The molecule has 0 bridgehead atoms. The highest BCUT2D eigenvalue weighted by Crippen LogP contribution is 2.23. The van der Waals surface area contributed by atoms with Crippen LogP contribution in [0, 0.1) is 0 Å². The first-order valence-corrected chi connectivity index (χ1v) is 7.33. The van der Waals surface area contributed by atoms with Crippen LogP contribution in [0.3, 0.4) is 0 Å². The van der Waals surface area contributed by atoms with Crippen molar-refractivity contribution in [3.63, 3.8) is 0 Å². The second-order valence-corrected chi connectivity index (χ2v) is 5.56. The monoisotopic (exact) mass is 308 g/mol. The number of fused-ring (bicyclic) bond motifs is 1. The van der Waals surface area contributed by atoms with Gasteiger partial charge in [0.25, 0.3) is 0 Å². The van der Waals surface area contributed by atoms with Gasteiger partial charge in [-0.05, 0) is 12.1 Å². The van der Waals surface area contributed by atoms with Gasteiger partial charge in [-0.25, -0.2) is 9.97 Å². The van der Waals surface area contributed by atoms with Gasteiger partial charge in [0, 0.05) is 33.3 Å². The Hall–Kier alpha value is -2.09. The number of rotatable bonds is 6. The van der Waals surface area contributed by atoms with E-state index in [1.807, 2.05) is 6.07 Å². The summed E-state index contributed by atoms with van der Waals surface area (Å²) < 4.78 is 1.80. The molecule has 0 radical (unpaired) electrons. The standard InChI is InChI=1S/C13H16N4O3S/c1-16(2)10(18)5-7-17-12-9(4-3-6-14-12)15-13(17)21-8-11(19)20/h3-4,6H,5,7-8H2,1-2H3,(H,19,20). The second-order valence-electron chi connectivity index (χ2n) is 4.61. The third-order valence-corrected chi connectivity index (χ3v) is 3.80. The molecule has 0 aliphatic heterocycles. The van der Waals surface area contributed by atoms with E-state index in [-0.39, 0.29) is 11.7 Å². The molecule has 2 aromatic heterocycles. The Morgan fingerprint density at radius 3 is 2.86 bits per heavy atom. The lowest BCUT2D eigenvalue weighted by molar-refractivity contribution is -0.134. The number of aromatic nitrogens is 3. The lowest BCUT2D eigenvalue weighted by atomic mass is 10.3. The van der Waals surface area contributed by atoms with E-state index in [1.54, 1.807) is 30.9 Å². The van der Waals surface area contributed by atoms with Crippen LogP contribution in [0.25, 0.3) is 11.2 Å². The number of hydrogen-bond donors (Lipinski definition) is 1. The number of pyridine rings is 1. The molecule has 0 saturated heterocycles. The number of carbonyl (C=O) groups is 2. The summed E-state index contributed by atoms with van der Waals surface area (Å²) in [6.07, 6.45) is 1.97. The zero-order chi connectivity index (χ0) is 15.4. The van der Waals surface area contributed by atoms with E-state index in [2.05, 4.69) is 9.97 Å². The number of aliphatic carboxylic acids is 1. The summed E-state index contributed by atoms with van der Waals surface area (Å²) in [6, 6.07) is 3.59. The summed E-state index contributed by atoms with van der Waals surface area (Å²) in [5.74, 6) is -0.983. The molecule has 7 nitrogen and oxygen atoms in total. The highest BCUT2D eigenvalue weighted by Gasteiger charge is 2.15. The van der Waals surface area contributed by atoms with Crippen LogP contribution in [0.2, 0.25) is 0 Å². The number of hydrogen-bond acceptors (Lipinski definition) is 5. The summed E-state index contributed by atoms with van der Waals surface area (Å²) >= 11 is 1.13. The Morgan fingerprint density at radius 1 is 1.43 bits per heavy atom. The molecule has 0 atom stereocenters. The number of thioether (sulfide) groups is 1. The first kappa shape index (κ1) is 15.3. The van der Waals surface area contributed by atoms with Crippen molar-refractivity contribution in [1.29, 1.82) is 0 Å². The van der Waals surface area contributed by atoms with E-state index in [4.69, 9.17) is 5.11 Å². The van der Waals surface area contributed by atoms with Crippen LogP contribution in [0.4, 0.5) is 0 Å². The van der Waals surface area contributed by atoms with Crippen molar-refractivity contribution >= 4 is 34.8 Å². The number of aryl methyl sites for hydroxylation is 1. The number of carboxylic acid groups (broad SMARTS) is 1. The Kier molecular flexibility index (Phi) is 4.79. The summed E-state index contributed by atoms with van der Waals surface area (Å²) in [6.45, 7) is 0.423. The number of amides is 1. The van der Waals surface area contributed by atoms with E-state index >= 15 is 0 Å². The molecule has 0 fully saturated rings. The zero-order valence-electron chi connectivity index (χ0n) is 11.8. The molecule has 1 N–H and O–H groups in total. The zero-order valence-corrected chi connectivity index (χ0v) is 12.6. The van der Waals surface area contributed by atoms with Crippen LogP contribution < -0.4 is 0 Å². The highest BCUT2D eigenvalue weighted by molar-refractivity contribution is 7.99. The van der Waals surface area contributed by atoms with E-state index < -0.39 is 5.97 Å². The van der Waals surface area contributed by atoms with Gasteiger partial charge < -0.3 is 14.6 Å². The highest BCUT2D eigenvalue weighted by atomic mass is 32.2. The van der Waals surface area contributed by atoms with Crippen LogP contribution in [-0.4, -0.2) is 56.3 Å². The molecule has 2 rings (SSSR count). The molecule has 8 heteroatoms. The third-order valence-electron chi connectivity index (χ3n) is 2.84. The topological polar surface area (TPSA) is 88.3 Å². The predicted molar refractivity (Wildman–Crippen MR) is 79.2 cm³/mol. The van der Waals surface area contributed by atoms with E-state index in [0.29, 0.717) is 29.3 Å². The number of imidazole rings is 1. The Morgan fingerprint density at radius 2 is 2.19 bits per heavy atom. The van der Waals surface area contributed by atoms with Crippen molar-refractivity contribution in [2.45, 2.75) is 18.1 Å². The minimum atomic E-state index is -0.907. The predicted octanol–water partition coefficient (Wildman–Crippen LogP) is 1.09. The first-order chi connectivity index (χ1) is 9.99. The molecule has 21 heavy (non-hydrogen) atoms. The van der Waals surface area contributed by atoms with Crippen LogP contribution in [-0.2, 0) is 16.1 Å². The van der Waals surface area contributed by atoms with Gasteiger partial charge in [0.15, 0.2) is 10.8 Å². The molecule has 2 aromatic rings. The molecule has 112 valence electrons. The van der Waals surface area contributed by atoms with Crippen molar-refractivity contribution in [3.05, 3.63) is 18.3 Å². The molecular weight excluding hydrogens is 292 g/mol. The fourth-order valence-electron chi connectivity index (χ4n) is 1.81. The minimum Gasteiger partial charge on any atom is -0.481 e. The SMILES string of the molecule is CN(C)C(=O)CCn1c(SCC(=O)O)nc2cccnc21. The third kappa shape index (κ3) is 3.72. The Labute approximate surface area is 126 Å². The molecule has 0 saturated carbocycles. The first-order valence-electron chi connectivity index (χ1n) is 6.35. The van der Waals surface area contributed by atoms with Gasteiger partial charge in [0.2, 0.25) is 5.91 Å². The quantitative estimate of drug-likeness (QED) is 0.804. The smallest absolute Gasteiger partial charge is 0.313 e. The van der Waals surface area contributed by atoms with Crippen LogP contribution in [0.5, 0.6) is 0 Å². The van der Waals surface area contributed by atoms with Gasteiger partial charge >= 0.3 is 5.97 Å². The maximum Gasteiger partial charge on any atom is 0.313 e. The average Bonchev–Trinajstić information content (AvgIpc) is 2.80. The molecular formula is C13H16N4O3S. The molecule has 0 aliphatic carbocycles. The normalized spacial score (nSPS) is 10.8. The van der Waals surface area contributed by atoms with E-state index in [9.17, 15) is 9.59 Å². The summed E-state index contributed by atoms with van der Waals surface area (Å²) in [7, 11) is 3.40. The minimum absolute atomic E-state index is 0.00182. The van der Waals surface area contributed by atoms with Gasteiger partial charge in [-0.1, -0.05) is 11.8 Å². The maximum absolute atomic E-state index is 11.7. The molecule has 2 heterocycles. The number of nitrogens with zero attached hydrogens (tertiary/aromatic N) is 4. The molecule has 0 aliphatic rings. The van der Waals surface area contributed by atoms with Gasteiger partial charge in [-0.3, -0.25) is 9.59 Å². The second kappa shape index (κ2) is 6.57. The lowest BCUT2D eigenvalue weighted by Crippen LogP contribution is -2.23. The molecule has 0 unspecified atom stereocenters. The van der Waals surface area contributed by atoms with Crippen molar-refractivity contribution in [2.24, 2.45) is 0 Å². The number of carbonyl (C=O) groups excluding carboxylic acids is 1. The van der Waals surface area contributed by atoms with E-state index in [0.717, 1.165) is 11.8 Å². The van der Waals surface area contributed by atoms with Crippen molar-refractivity contribution in [1.82, 2.24) is 19.4 Å². The summed E-state index contributed by atoms with van der Waals surface area (Å²) in [5, 5.41) is 9.36. The van der Waals surface area contributed by atoms with Crippen LogP contribution in [0.15, 0.2) is 23.5 Å². The van der Waals surface area contributed by atoms with E-state index in [1.165, 1.54) is 4.90 Å². The fraction of sp³-hybridized carbons (Fsp3) is 0.385. The van der Waals surface area contributed by atoms with Crippen molar-refractivity contribution in [3.8, 4) is 0 Å². The molecule has 0 spiro atoms. The summed E-state index contributed by atoms with van der Waals surface area (Å²) in [4.78, 5) is 32.6. The van der Waals surface area contributed by atoms with Crippen LogP contribution in [0.1, 0.15) is 6.42 Å². The number of carboxylic acids is 1. The largest absolute Gasteiger partial charge is 0.481 e. The fourth-order valence-corrected chi connectivity index (χ4v) is 2.56. The van der Waals surface area contributed by atoms with Gasteiger partial charge in [-0.2, -0.15) is 0 Å². The van der Waals surface area contributed by atoms with Crippen molar-refractivity contribution < 1.29 is 14.7 Å². The Bertz CT molecular complexity index is 668. The Balaban J connectivity index is 2.27. The van der Waals surface area contributed by atoms with Gasteiger partial charge in [0.1, 0.15) is 5.52 Å². The molecule has 1 amide bonds. The summed E-state index contributed by atoms with van der Waals surface area (Å²) in [5.41, 5.74) is 1.36. The van der Waals surface area contributed by atoms with Crippen molar-refractivity contribution in [2.75, 3.05) is 19.8 Å².